The molecule has 0 aromatic heterocycles. The van der Waals surface area contributed by atoms with E-state index in [0.29, 0.717) is 6.42 Å². The molecule has 1 fully saturated rings. The van der Waals surface area contributed by atoms with Gasteiger partial charge in [-0.05, 0) is 37.3 Å². The third kappa shape index (κ3) is 2.80. The minimum Gasteiger partial charge on any atom is -0.456 e. The Bertz CT molecular complexity index is 613. The lowest BCUT2D eigenvalue weighted by molar-refractivity contribution is -0.242. The zero-order chi connectivity index (χ0) is 15.6. The van der Waals surface area contributed by atoms with E-state index in [-0.39, 0.29) is 5.97 Å². The van der Waals surface area contributed by atoms with Crippen LogP contribution in [0.25, 0.3) is 6.08 Å². The van der Waals surface area contributed by atoms with E-state index in [1.165, 1.54) is 0 Å². The van der Waals surface area contributed by atoms with Crippen LogP contribution in [0.4, 0.5) is 0 Å². The number of fused-ring (bicyclic) bond motifs is 1. The van der Waals surface area contributed by atoms with Crippen molar-refractivity contribution in [2.75, 3.05) is 0 Å². The first-order valence-corrected chi connectivity index (χ1v) is 7.87. The minimum atomic E-state index is -0.868. The largest absolute Gasteiger partial charge is 0.456 e. The number of benzene rings is 1. The Morgan fingerprint density at radius 3 is 2.73 bits per heavy atom. The SMILES string of the molecule is CC1(C)OC(=O)C2(C/C=C/c3ccccc3)CCCC=C2O1. The van der Waals surface area contributed by atoms with Crippen LogP contribution in [0, 0.1) is 5.41 Å². The zero-order valence-electron chi connectivity index (χ0n) is 13.2. The highest BCUT2D eigenvalue weighted by molar-refractivity contribution is 5.82. The van der Waals surface area contributed by atoms with Gasteiger partial charge in [-0.2, -0.15) is 0 Å². The summed E-state index contributed by atoms with van der Waals surface area (Å²) in [7, 11) is 0. The predicted molar refractivity (Wildman–Crippen MR) is 85.7 cm³/mol. The average Bonchev–Trinajstić information content (AvgIpc) is 2.48. The molecule has 0 saturated carbocycles. The molecule has 3 heteroatoms. The van der Waals surface area contributed by atoms with Gasteiger partial charge in [0, 0.05) is 13.8 Å². The standard InChI is InChI=1S/C19H22O3/c1-18(2)21-16-12-6-7-13-19(16,17(20)22-18)14-8-11-15-9-4-3-5-10-15/h3-5,8-12H,6-7,13-14H2,1-2H3/b11-8+. The second kappa shape index (κ2) is 5.64. The lowest BCUT2D eigenvalue weighted by Crippen LogP contribution is -2.49. The van der Waals surface area contributed by atoms with Gasteiger partial charge in [-0.15, -0.1) is 0 Å². The third-order valence-electron chi connectivity index (χ3n) is 4.27. The first kappa shape index (κ1) is 14.9. The van der Waals surface area contributed by atoms with Crippen molar-refractivity contribution in [2.45, 2.75) is 45.3 Å². The molecule has 1 aliphatic carbocycles. The van der Waals surface area contributed by atoms with Crippen LogP contribution in [0.2, 0.25) is 0 Å². The minimum absolute atomic E-state index is 0.160. The van der Waals surface area contributed by atoms with E-state index in [1.807, 2.05) is 36.4 Å². The molecule has 3 nitrogen and oxygen atoms in total. The molecule has 1 aromatic carbocycles. The molecule has 1 unspecified atom stereocenters. The van der Waals surface area contributed by atoms with Gasteiger partial charge >= 0.3 is 5.97 Å². The molecule has 0 bridgehead atoms. The fourth-order valence-electron chi connectivity index (χ4n) is 3.15. The quantitative estimate of drug-likeness (QED) is 0.773. The van der Waals surface area contributed by atoms with E-state index in [1.54, 1.807) is 13.8 Å². The molecule has 1 heterocycles. The Kier molecular flexibility index (Phi) is 3.81. The van der Waals surface area contributed by atoms with E-state index in [4.69, 9.17) is 9.47 Å². The van der Waals surface area contributed by atoms with Crippen LogP contribution in [-0.4, -0.2) is 11.8 Å². The maximum atomic E-state index is 12.6. The highest BCUT2D eigenvalue weighted by atomic mass is 16.7. The van der Waals surface area contributed by atoms with Gasteiger partial charge in [-0.1, -0.05) is 42.5 Å². The molecular weight excluding hydrogens is 276 g/mol. The van der Waals surface area contributed by atoms with Gasteiger partial charge in [0.25, 0.3) is 0 Å². The fourth-order valence-corrected chi connectivity index (χ4v) is 3.15. The highest BCUT2D eigenvalue weighted by Gasteiger charge is 2.52. The molecule has 0 amide bonds. The normalized spacial score (nSPS) is 26.8. The van der Waals surface area contributed by atoms with Crippen LogP contribution in [-0.2, 0) is 14.3 Å². The topological polar surface area (TPSA) is 35.5 Å². The number of esters is 1. The summed E-state index contributed by atoms with van der Waals surface area (Å²) in [6.07, 6.45) is 9.51. The van der Waals surface area contributed by atoms with Crippen LogP contribution in [0.5, 0.6) is 0 Å². The van der Waals surface area contributed by atoms with Crippen molar-refractivity contribution >= 4 is 12.0 Å². The number of hydrogen-bond acceptors (Lipinski definition) is 3. The maximum absolute atomic E-state index is 12.6. The molecule has 2 aliphatic rings. The molecular formula is C19H22O3. The van der Waals surface area contributed by atoms with Crippen LogP contribution in [0.1, 0.15) is 45.1 Å². The van der Waals surface area contributed by atoms with Crippen molar-refractivity contribution in [3.63, 3.8) is 0 Å². The lowest BCUT2D eigenvalue weighted by atomic mass is 9.73. The van der Waals surface area contributed by atoms with Crippen LogP contribution in [0.3, 0.4) is 0 Å². The molecule has 1 saturated heterocycles. The Labute approximate surface area is 131 Å². The Hall–Kier alpha value is -2.03. The molecule has 1 aromatic rings. The Morgan fingerprint density at radius 1 is 1.18 bits per heavy atom. The number of carbonyl (C=O) groups is 1. The molecule has 1 atom stereocenters. The van der Waals surface area contributed by atoms with Crippen molar-refractivity contribution in [1.29, 1.82) is 0 Å². The number of cyclic esters (lactones) is 1. The van der Waals surface area contributed by atoms with Gasteiger partial charge < -0.3 is 9.47 Å². The maximum Gasteiger partial charge on any atom is 0.323 e. The molecule has 116 valence electrons. The molecule has 22 heavy (non-hydrogen) atoms. The highest BCUT2D eigenvalue weighted by Crippen LogP contribution is 2.48. The summed E-state index contributed by atoms with van der Waals surface area (Å²) >= 11 is 0. The van der Waals surface area contributed by atoms with Crippen molar-refractivity contribution in [3.8, 4) is 0 Å². The second-order valence-electron chi connectivity index (χ2n) is 6.45. The van der Waals surface area contributed by atoms with E-state index in [0.717, 1.165) is 30.6 Å². The van der Waals surface area contributed by atoms with Crippen LogP contribution < -0.4 is 0 Å². The number of ether oxygens (including phenoxy) is 2. The Morgan fingerprint density at radius 2 is 1.95 bits per heavy atom. The lowest BCUT2D eigenvalue weighted by Gasteiger charge is -2.45. The Balaban J connectivity index is 1.83. The van der Waals surface area contributed by atoms with Crippen molar-refractivity contribution in [2.24, 2.45) is 5.41 Å². The summed E-state index contributed by atoms with van der Waals surface area (Å²) in [6, 6.07) is 10.1. The summed E-state index contributed by atoms with van der Waals surface area (Å²) in [4.78, 5) is 12.6. The number of rotatable bonds is 3. The van der Waals surface area contributed by atoms with Crippen molar-refractivity contribution < 1.29 is 14.3 Å². The number of carbonyl (C=O) groups excluding carboxylic acids is 1. The van der Waals surface area contributed by atoms with Gasteiger partial charge in [0.05, 0.1) is 0 Å². The van der Waals surface area contributed by atoms with Gasteiger partial charge in [0.1, 0.15) is 11.2 Å². The molecule has 0 radical (unpaired) electrons. The third-order valence-corrected chi connectivity index (χ3v) is 4.27. The molecule has 3 rings (SSSR count). The summed E-state index contributed by atoms with van der Waals surface area (Å²) in [5.41, 5.74) is 0.490. The summed E-state index contributed by atoms with van der Waals surface area (Å²) in [5.74, 6) is -0.238. The van der Waals surface area contributed by atoms with Gasteiger partial charge in [0.2, 0.25) is 5.79 Å². The summed E-state index contributed by atoms with van der Waals surface area (Å²) in [6.45, 7) is 3.56. The van der Waals surface area contributed by atoms with E-state index < -0.39 is 11.2 Å². The van der Waals surface area contributed by atoms with Crippen LogP contribution in [0.15, 0.2) is 48.2 Å². The first-order valence-electron chi connectivity index (χ1n) is 7.87. The van der Waals surface area contributed by atoms with Gasteiger partial charge in [-0.3, -0.25) is 4.79 Å². The average molecular weight is 298 g/mol. The second-order valence-corrected chi connectivity index (χ2v) is 6.45. The molecule has 1 aliphatic heterocycles. The van der Waals surface area contributed by atoms with Crippen molar-refractivity contribution in [1.82, 2.24) is 0 Å². The number of hydrogen-bond donors (Lipinski definition) is 0. The molecule has 0 spiro atoms. The van der Waals surface area contributed by atoms with E-state index >= 15 is 0 Å². The summed E-state index contributed by atoms with van der Waals surface area (Å²) < 4.78 is 11.5. The monoisotopic (exact) mass is 298 g/mol. The predicted octanol–water partition coefficient (Wildman–Crippen LogP) is 4.45. The van der Waals surface area contributed by atoms with Gasteiger partial charge in [0.15, 0.2) is 0 Å². The fraction of sp³-hybridized carbons (Fsp3) is 0.421. The zero-order valence-corrected chi connectivity index (χ0v) is 13.2. The first-order chi connectivity index (χ1) is 10.5. The molecule has 0 N–H and O–H groups in total. The number of allylic oxidation sites excluding steroid dienone is 2. The van der Waals surface area contributed by atoms with Gasteiger partial charge in [-0.25, -0.2) is 0 Å². The van der Waals surface area contributed by atoms with E-state index in [9.17, 15) is 4.79 Å². The summed E-state index contributed by atoms with van der Waals surface area (Å²) in [5, 5.41) is 0. The smallest absolute Gasteiger partial charge is 0.323 e. The van der Waals surface area contributed by atoms with Crippen molar-refractivity contribution in [3.05, 3.63) is 53.8 Å². The van der Waals surface area contributed by atoms with Crippen LogP contribution >= 0.6 is 0 Å². The van der Waals surface area contributed by atoms with E-state index in [2.05, 4.69) is 12.2 Å².